The molecule has 1 saturated carbocycles. The largest absolute Gasteiger partial charge is 0.480 e. The van der Waals surface area contributed by atoms with E-state index >= 15 is 0 Å². The van der Waals surface area contributed by atoms with Crippen molar-refractivity contribution in [2.75, 3.05) is 32.3 Å². The maximum absolute atomic E-state index is 13.4. The highest BCUT2D eigenvalue weighted by Gasteiger charge is 2.34. The van der Waals surface area contributed by atoms with Gasteiger partial charge in [-0.05, 0) is 67.0 Å². The Kier molecular flexibility index (Phi) is 11.2. The van der Waals surface area contributed by atoms with Crippen molar-refractivity contribution in [3.05, 3.63) is 59.2 Å². The molecule has 42 heavy (non-hydrogen) atoms. The van der Waals surface area contributed by atoms with Gasteiger partial charge in [0.15, 0.2) is 0 Å². The summed E-state index contributed by atoms with van der Waals surface area (Å²) in [4.78, 5) is 27.7. The van der Waals surface area contributed by atoms with Gasteiger partial charge in [0.2, 0.25) is 0 Å². The SMILES string of the molecule is COC[C@@H]1CC(OC2CCCCC2)CN1Cc1ccc(C(=O)N[C@@H](CCS(C)(=O)=O)C(=O)O)c(-c2ccccc2C)c1. The summed E-state index contributed by atoms with van der Waals surface area (Å²) in [6.07, 6.45) is 8.26. The molecule has 2 aromatic rings. The van der Waals surface area contributed by atoms with Crippen LogP contribution in [0.25, 0.3) is 11.1 Å². The first-order chi connectivity index (χ1) is 20.0. The third kappa shape index (κ3) is 8.86. The molecule has 1 aliphatic heterocycles. The molecule has 1 unspecified atom stereocenters. The van der Waals surface area contributed by atoms with E-state index in [9.17, 15) is 23.1 Å². The average molecular weight is 601 g/mol. The molecule has 4 rings (SSSR count). The van der Waals surface area contributed by atoms with Crippen molar-refractivity contribution in [3.63, 3.8) is 0 Å². The predicted octanol–water partition coefficient (Wildman–Crippen LogP) is 4.22. The highest BCUT2D eigenvalue weighted by atomic mass is 32.2. The Hall–Kier alpha value is -2.79. The van der Waals surface area contributed by atoms with Gasteiger partial charge in [0.05, 0.1) is 24.6 Å². The lowest BCUT2D eigenvalue weighted by Gasteiger charge is -2.26. The molecular formula is C32H44N2O7S. The number of rotatable bonds is 13. The molecule has 1 saturated heterocycles. The number of methoxy groups -OCH3 is 1. The zero-order chi connectivity index (χ0) is 30.3. The summed E-state index contributed by atoms with van der Waals surface area (Å²) in [6, 6.07) is 12.3. The standard InChI is InChI=1S/C32H44N2O7S/c1-22-9-7-8-12-27(22)29-17-23(13-14-28(29)31(35)33-30(32(36)37)15-16-42(3,38)39)19-34-20-26(18-24(34)21-40-2)41-25-10-5-4-6-11-25/h7-9,12-14,17,24-26,30H,4-6,10-11,15-16,18-21H2,1-3H3,(H,33,35)(H,36,37)/t24-,26?,30-/m0/s1. The van der Waals surface area contributed by atoms with Gasteiger partial charge in [-0.3, -0.25) is 9.69 Å². The molecule has 0 spiro atoms. The second kappa shape index (κ2) is 14.6. The maximum atomic E-state index is 13.4. The van der Waals surface area contributed by atoms with Gasteiger partial charge in [0.1, 0.15) is 15.9 Å². The number of carboxylic acids is 1. The van der Waals surface area contributed by atoms with Crippen LogP contribution in [0.4, 0.5) is 0 Å². The van der Waals surface area contributed by atoms with Crippen molar-refractivity contribution in [1.29, 1.82) is 0 Å². The van der Waals surface area contributed by atoms with Gasteiger partial charge in [0, 0.05) is 38.1 Å². The molecule has 0 radical (unpaired) electrons. The Labute approximate surface area is 249 Å². The summed E-state index contributed by atoms with van der Waals surface area (Å²) in [7, 11) is -1.67. The molecule has 1 heterocycles. The van der Waals surface area contributed by atoms with Crippen molar-refractivity contribution >= 4 is 21.7 Å². The molecule has 0 aromatic heterocycles. The molecule has 2 N–H and O–H groups in total. The Morgan fingerprint density at radius 1 is 1.07 bits per heavy atom. The lowest BCUT2D eigenvalue weighted by atomic mass is 9.93. The molecule has 2 fully saturated rings. The number of carbonyl (C=O) groups is 2. The number of nitrogens with one attached hydrogen (secondary N) is 1. The smallest absolute Gasteiger partial charge is 0.326 e. The van der Waals surface area contributed by atoms with Crippen LogP contribution in [0, 0.1) is 6.92 Å². The van der Waals surface area contributed by atoms with Gasteiger partial charge in [-0.15, -0.1) is 0 Å². The van der Waals surface area contributed by atoms with E-state index in [4.69, 9.17) is 9.47 Å². The van der Waals surface area contributed by atoms with Crippen LogP contribution in [0.15, 0.2) is 42.5 Å². The summed E-state index contributed by atoms with van der Waals surface area (Å²) in [5, 5.41) is 12.2. The zero-order valence-corrected chi connectivity index (χ0v) is 25.7. The van der Waals surface area contributed by atoms with Crippen molar-refractivity contribution in [2.24, 2.45) is 0 Å². The molecule has 230 valence electrons. The number of amides is 1. The Balaban J connectivity index is 1.57. The van der Waals surface area contributed by atoms with Crippen molar-refractivity contribution in [3.8, 4) is 11.1 Å². The summed E-state index contributed by atoms with van der Waals surface area (Å²) in [5.74, 6) is -2.16. The van der Waals surface area contributed by atoms with Crippen LogP contribution in [0.1, 0.15) is 66.4 Å². The minimum absolute atomic E-state index is 0.161. The van der Waals surface area contributed by atoms with Crippen LogP contribution in [0.2, 0.25) is 0 Å². The van der Waals surface area contributed by atoms with Crippen molar-refractivity contribution < 1.29 is 32.6 Å². The average Bonchev–Trinajstić information content (AvgIpc) is 3.31. The summed E-state index contributed by atoms with van der Waals surface area (Å²) >= 11 is 0. The predicted molar refractivity (Wildman–Crippen MR) is 162 cm³/mol. The minimum atomic E-state index is -3.39. The number of likely N-dealkylation sites (tertiary alicyclic amines) is 1. The van der Waals surface area contributed by atoms with Crippen LogP contribution < -0.4 is 5.32 Å². The van der Waals surface area contributed by atoms with E-state index in [1.165, 1.54) is 19.3 Å². The van der Waals surface area contributed by atoms with E-state index in [-0.39, 0.29) is 24.3 Å². The number of sulfone groups is 1. The number of hydrogen-bond donors (Lipinski definition) is 2. The molecular weight excluding hydrogens is 556 g/mol. The number of ether oxygens (including phenoxy) is 2. The zero-order valence-electron chi connectivity index (χ0n) is 24.9. The number of carboxylic acid groups (broad SMARTS) is 1. The highest BCUT2D eigenvalue weighted by molar-refractivity contribution is 7.90. The topological polar surface area (TPSA) is 122 Å². The molecule has 1 aliphatic carbocycles. The third-order valence-electron chi connectivity index (χ3n) is 8.32. The first kappa shape index (κ1) is 32.1. The first-order valence-corrected chi connectivity index (χ1v) is 16.9. The number of carbonyl (C=O) groups excluding carboxylic acids is 1. The van der Waals surface area contributed by atoms with Gasteiger partial charge in [-0.1, -0.05) is 49.6 Å². The number of aliphatic carboxylic acids is 1. The van der Waals surface area contributed by atoms with Gasteiger partial charge in [-0.25, -0.2) is 13.2 Å². The second-order valence-corrected chi connectivity index (χ2v) is 14.0. The summed E-state index contributed by atoms with van der Waals surface area (Å²) < 4.78 is 35.3. The Bertz CT molecular complexity index is 1340. The Morgan fingerprint density at radius 3 is 2.48 bits per heavy atom. The minimum Gasteiger partial charge on any atom is -0.480 e. The first-order valence-electron chi connectivity index (χ1n) is 14.8. The number of aryl methyl sites for hydroxylation is 1. The van der Waals surface area contributed by atoms with Crippen molar-refractivity contribution in [2.45, 2.75) is 82.7 Å². The number of benzene rings is 2. The lowest BCUT2D eigenvalue weighted by Crippen LogP contribution is -2.42. The number of nitrogens with zero attached hydrogens (tertiary/aromatic N) is 1. The van der Waals surface area contributed by atoms with Gasteiger partial charge in [-0.2, -0.15) is 0 Å². The molecule has 9 nitrogen and oxygen atoms in total. The molecule has 3 atom stereocenters. The van der Waals surface area contributed by atoms with Gasteiger partial charge in [0.25, 0.3) is 5.91 Å². The van der Waals surface area contributed by atoms with E-state index in [0.717, 1.165) is 48.8 Å². The van der Waals surface area contributed by atoms with E-state index in [1.54, 1.807) is 13.2 Å². The number of hydrogen-bond acceptors (Lipinski definition) is 7. The summed E-state index contributed by atoms with van der Waals surface area (Å²) in [5.41, 5.74) is 3.92. The molecule has 2 aromatic carbocycles. The monoisotopic (exact) mass is 600 g/mol. The fourth-order valence-electron chi connectivity index (χ4n) is 6.11. The lowest BCUT2D eigenvalue weighted by molar-refractivity contribution is -0.139. The van der Waals surface area contributed by atoms with Gasteiger partial charge >= 0.3 is 5.97 Å². The van der Waals surface area contributed by atoms with Crippen LogP contribution in [0.3, 0.4) is 0 Å². The van der Waals surface area contributed by atoms with E-state index in [1.807, 2.05) is 43.3 Å². The van der Waals surface area contributed by atoms with Gasteiger partial charge < -0.3 is 19.9 Å². The van der Waals surface area contributed by atoms with Crippen LogP contribution in [-0.4, -0.2) is 86.9 Å². The van der Waals surface area contributed by atoms with Crippen LogP contribution in [-0.2, 0) is 30.7 Å². The van der Waals surface area contributed by atoms with Crippen LogP contribution in [0.5, 0.6) is 0 Å². The fraction of sp³-hybridized carbons (Fsp3) is 0.562. The molecule has 0 bridgehead atoms. The Morgan fingerprint density at radius 2 is 1.81 bits per heavy atom. The van der Waals surface area contributed by atoms with Crippen LogP contribution >= 0.6 is 0 Å². The van der Waals surface area contributed by atoms with E-state index < -0.39 is 27.8 Å². The highest BCUT2D eigenvalue weighted by Crippen LogP contribution is 2.31. The maximum Gasteiger partial charge on any atom is 0.326 e. The van der Waals surface area contributed by atoms with E-state index in [2.05, 4.69) is 10.2 Å². The molecule has 2 aliphatic rings. The second-order valence-electron chi connectivity index (χ2n) is 11.8. The third-order valence-corrected chi connectivity index (χ3v) is 9.29. The molecule has 1 amide bonds. The van der Waals surface area contributed by atoms with Crippen molar-refractivity contribution in [1.82, 2.24) is 10.2 Å². The summed E-state index contributed by atoms with van der Waals surface area (Å²) in [6.45, 7) is 4.05. The van der Waals surface area contributed by atoms with E-state index in [0.29, 0.717) is 30.4 Å². The fourth-order valence-corrected chi connectivity index (χ4v) is 6.78. The normalized spacial score (nSPS) is 20.8. The quantitative estimate of drug-likeness (QED) is 0.351. The molecule has 10 heteroatoms.